The summed E-state index contributed by atoms with van der Waals surface area (Å²) in [6.45, 7) is -1.15. The molecule has 0 radical (unpaired) electrons. The Morgan fingerprint density at radius 1 is 1.17 bits per heavy atom. The highest BCUT2D eigenvalue weighted by molar-refractivity contribution is 4.81. The minimum absolute atomic E-state index is 0.0146. The fourth-order valence-electron chi connectivity index (χ4n) is 2.11. The largest absolute Gasteiger partial charge is 0.394 e. The summed E-state index contributed by atoms with van der Waals surface area (Å²) in [4.78, 5) is 1.21. The summed E-state index contributed by atoms with van der Waals surface area (Å²) in [6.07, 6.45) is -8.55. The molecule has 0 aromatic carbocycles. The maximum absolute atomic E-state index is 12.5. The Hall–Kier alpha value is -0.500. The second-order valence-corrected chi connectivity index (χ2v) is 4.61. The Kier molecular flexibility index (Phi) is 4.88. The lowest BCUT2D eigenvalue weighted by molar-refractivity contribution is -0.196. The third-order valence-corrected chi connectivity index (χ3v) is 3.19. The van der Waals surface area contributed by atoms with Gasteiger partial charge >= 0.3 is 12.4 Å². The average Bonchev–Trinajstić information content (AvgIpc) is 2.23. The molecule has 1 rings (SSSR count). The van der Waals surface area contributed by atoms with Gasteiger partial charge in [0.1, 0.15) is 0 Å². The van der Waals surface area contributed by atoms with Crippen LogP contribution in [0.25, 0.3) is 0 Å². The lowest BCUT2D eigenvalue weighted by atomic mass is 9.96. The molecule has 2 nitrogen and oxygen atoms in total. The molecule has 2 atom stereocenters. The number of hydrogen-bond acceptors (Lipinski definition) is 2. The summed E-state index contributed by atoms with van der Waals surface area (Å²) in [7, 11) is 0. The third kappa shape index (κ3) is 4.31. The number of nitrogens with zero attached hydrogens (tertiary/aromatic N) is 1. The first-order valence-corrected chi connectivity index (χ1v) is 5.70. The second kappa shape index (κ2) is 5.64. The molecule has 18 heavy (non-hydrogen) atoms. The summed E-state index contributed by atoms with van der Waals surface area (Å²) in [5, 5.41) is 0. The van der Waals surface area contributed by atoms with Crippen LogP contribution in [-0.2, 0) is 0 Å². The summed E-state index contributed by atoms with van der Waals surface area (Å²) in [6, 6.07) is 0. The van der Waals surface area contributed by atoms with Crippen LogP contribution in [0.4, 0.5) is 26.3 Å². The monoisotopic (exact) mass is 278 g/mol. The lowest BCUT2D eigenvalue weighted by Gasteiger charge is -2.35. The molecule has 1 fully saturated rings. The fourth-order valence-corrected chi connectivity index (χ4v) is 2.11. The zero-order chi connectivity index (χ0) is 14.0. The van der Waals surface area contributed by atoms with E-state index < -0.39 is 37.3 Å². The van der Waals surface area contributed by atoms with E-state index in [0.717, 1.165) is 0 Å². The van der Waals surface area contributed by atoms with Crippen LogP contribution in [0.1, 0.15) is 12.8 Å². The SMILES string of the molecule is NCC(CN1CCCC(C(F)(F)F)C1)C(F)(F)F. The van der Waals surface area contributed by atoms with Crippen LogP contribution >= 0.6 is 0 Å². The van der Waals surface area contributed by atoms with Gasteiger partial charge in [-0.1, -0.05) is 0 Å². The summed E-state index contributed by atoms with van der Waals surface area (Å²) in [5.74, 6) is -3.29. The smallest absolute Gasteiger partial charge is 0.330 e. The topological polar surface area (TPSA) is 29.3 Å². The van der Waals surface area contributed by atoms with Crippen molar-refractivity contribution in [2.75, 3.05) is 26.2 Å². The predicted molar refractivity (Wildman–Crippen MR) is 53.8 cm³/mol. The molecule has 0 saturated carbocycles. The van der Waals surface area contributed by atoms with Gasteiger partial charge in [-0.3, -0.25) is 0 Å². The van der Waals surface area contributed by atoms with Gasteiger partial charge < -0.3 is 10.6 Å². The highest BCUT2D eigenvalue weighted by Crippen LogP contribution is 2.34. The standard InChI is InChI=1S/C10H16F6N2/c11-9(12,13)7-2-1-3-18(5-7)6-8(4-17)10(14,15)16/h7-8H,1-6,17H2. The van der Waals surface area contributed by atoms with Gasteiger partial charge in [-0.05, 0) is 19.4 Å². The van der Waals surface area contributed by atoms with Gasteiger partial charge in [0, 0.05) is 19.6 Å². The quantitative estimate of drug-likeness (QED) is 0.803. The number of piperidine rings is 1. The maximum atomic E-state index is 12.5. The minimum atomic E-state index is -4.46. The molecule has 0 bridgehead atoms. The Labute approximate surface area is 101 Å². The Morgan fingerprint density at radius 2 is 1.78 bits per heavy atom. The Morgan fingerprint density at radius 3 is 2.22 bits per heavy atom. The van der Waals surface area contributed by atoms with Crippen molar-refractivity contribution in [2.45, 2.75) is 25.2 Å². The van der Waals surface area contributed by atoms with Gasteiger partial charge in [0.2, 0.25) is 0 Å². The molecule has 0 spiro atoms. The molecule has 8 heteroatoms. The molecule has 1 aliphatic heterocycles. The van der Waals surface area contributed by atoms with Gasteiger partial charge in [0.25, 0.3) is 0 Å². The van der Waals surface area contributed by atoms with E-state index in [9.17, 15) is 26.3 Å². The maximum Gasteiger partial charge on any atom is 0.394 e. The minimum Gasteiger partial charge on any atom is -0.330 e. The van der Waals surface area contributed by atoms with Crippen molar-refractivity contribution in [1.82, 2.24) is 4.90 Å². The highest BCUT2D eigenvalue weighted by atomic mass is 19.4. The van der Waals surface area contributed by atoms with Crippen molar-refractivity contribution in [3.05, 3.63) is 0 Å². The highest BCUT2D eigenvalue weighted by Gasteiger charge is 2.44. The van der Waals surface area contributed by atoms with Crippen LogP contribution in [0.2, 0.25) is 0 Å². The van der Waals surface area contributed by atoms with Crippen molar-refractivity contribution in [3.63, 3.8) is 0 Å². The summed E-state index contributed by atoms with van der Waals surface area (Å²) in [5.41, 5.74) is 5.03. The van der Waals surface area contributed by atoms with E-state index in [1.807, 2.05) is 0 Å². The fraction of sp³-hybridized carbons (Fsp3) is 1.00. The molecule has 108 valence electrons. The first kappa shape index (κ1) is 15.6. The van der Waals surface area contributed by atoms with E-state index in [0.29, 0.717) is 0 Å². The van der Waals surface area contributed by atoms with E-state index in [-0.39, 0.29) is 25.9 Å². The number of hydrogen-bond donors (Lipinski definition) is 1. The van der Waals surface area contributed by atoms with Crippen molar-refractivity contribution in [2.24, 2.45) is 17.6 Å². The van der Waals surface area contributed by atoms with Crippen molar-refractivity contribution in [3.8, 4) is 0 Å². The Bertz CT molecular complexity index is 262. The van der Waals surface area contributed by atoms with Gasteiger partial charge in [0.05, 0.1) is 11.8 Å². The van der Waals surface area contributed by atoms with Crippen LogP contribution < -0.4 is 5.73 Å². The van der Waals surface area contributed by atoms with E-state index in [1.165, 1.54) is 4.90 Å². The van der Waals surface area contributed by atoms with Gasteiger partial charge in [-0.25, -0.2) is 0 Å². The summed E-state index contributed by atoms with van der Waals surface area (Å²) < 4.78 is 74.9. The summed E-state index contributed by atoms with van der Waals surface area (Å²) >= 11 is 0. The normalized spacial score (nSPS) is 25.2. The molecule has 2 unspecified atom stereocenters. The van der Waals surface area contributed by atoms with Crippen LogP contribution in [0, 0.1) is 11.8 Å². The molecular formula is C10H16F6N2. The van der Waals surface area contributed by atoms with E-state index in [1.54, 1.807) is 0 Å². The number of halogens is 6. The first-order valence-electron chi connectivity index (χ1n) is 5.70. The van der Waals surface area contributed by atoms with E-state index in [2.05, 4.69) is 0 Å². The zero-order valence-corrected chi connectivity index (χ0v) is 9.69. The number of nitrogens with two attached hydrogens (primary N) is 1. The molecule has 0 aromatic rings. The molecule has 0 aliphatic carbocycles. The van der Waals surface area contributed by atoms with Crippen molar-refractivity contribution in [1.29, 1.82) is 0 Å². The predicted octanol–water partition coefficient (Wildman–Crippen LogP) is 2.40. The molecule has 0 aromatic heterocycles. The number of likely N-dealkylation sites (tertiary alicyclic amines) is 1. The molecule has 1 heterocycles. The first-order chi connectivity index (χ1) is 8.14. The molecule has 2 N–H and O–H groups in total. The zero-order valence-electron chi connectivity index (χ0n) is 9.69. The molecule has 1 aliphatic rings. The average molecular weight is 278 g/mol. The third-order valence-electron chi connectivity index (χ3n) is 3.19. The van der Waals surface area contributed by atoms with E-state index >= 15 is 0 Å². The lowest BCUT2D eigenvalue weighted by Crippen LogP contribution is -2.47. The number of rotatable bonds is 3. The number of alkyl halides is 6. The van der Waals surface area contributed by atoms with Crippen molar-refractivity contribution < 1.29 is 26.3 Å². The van der Waals surface area contributed by atoms with Crippen LogP contribution in [0.5, 0.6) is 0 Å². The van der Waals surface area contributed by atoms with Crippen LogP contribution in [0.15, 0.2) is 0 Å². The molecular weight excluding hydrogens is 262 g/mol. The van der Waals surface area contributed by atoms with Crippen LogP contribution in [-0.4, -0.2) is 43.4 Å². The molecule has 1 saturated heterocycles. The van der Waals surface area contributed by atoms with Crippen LogP contribution in [0.3, 0.4) is 0 Å². The van der Waals surface area contributed by atoms with Crippen molar-refractivity contribution >= 4 is 0 Å². The van der Waals surface area contributed by atoms with Gasteiger partial charge in [-0.15, -0.1) is 0 Å². The van der Waals surface area contributed by atoms with Gasteiger partial charge in [0.15, 0.2) is 0 Å². The van der Waals surface area contributed by atoms with Gasteiger partial charge in [-0.2, -0.15) is 26.3 Å². The Balaban J connectivity index is 2.57. The van der Waals surface area contributed by atoms with E-state index in [4.69, 9.17) is 5.73 Å². The second-order valence-electron chi connectivity index (χ2n) is 4.61. The molecule has 0 amide bonds.